The lowest BCUT2D eigenvalue weighted by Crippen LogP contribution is -2.13. The number of anilines is 1. The van der Waals surface area contributed by atoms with E-state index in [9.17, 15) is 4.79 Å². The number of aryl methyl sites for hydroxylation is 1. The fourth-order valence-electron chi connectivity index (χ4n) is 3.59. The number of methoxy groups -OCH3 is 1. The Labute approximate surface area is 180 Å². The maximum absolute atomic E-state index is 13.0. The maximum atomic E-state index is 13.0. The van der Waals surface area contributed by atoms with Crippen molar-refractivity contribution in [1.29, 1.82) is 0 Å². The molecule has 30 heavy (non-hydrogen) atoms. The third kappa shape index (κ3) is 3.83. The molecule has 1 N–H and O–H groups in total. The molecule has 0 radical (unpaired) electrons. The van der Waals surface area contributed by atoms with E-state index in [1.165, 1.54) is 0 Å². The molecule has 156 valence electrons. The highest BCUT2D eigenvalue weighted by Gasteiger charge is 2.20. The van der Waals surface area contributed by atoms with E-state index in [4.69, 9.17) is 25.8 Å². The van der Waals surface area contributed by atoms with Crippen LogP contribution in [-0.2, 0) is 0 Å². The van der Waals surface area contributed by atoms with E-state index in [0.717, 1.165) is 29.2 Å². The van der Waals surface area contributed by atoms with Gasteiger partial charge in [0.05, 0.1) is 36.6 Å². The summed E-state index contributed by atoms with van der Waals surface area (Å²) in [6.07, 6.45) is 0.797. The van der Waals surface area contributed by atoms with E-state index < -0.39 is 0 Å². The van der Waals surface area contributed by atoms with Crippen molar-refractivity contribution in [1.82, 2.24) is 4.57 Å². The Morgan fingerprint density at radius 2 is 1.73 bits per heavy atom. The summed E-state index contributed by atoms with van der Waals surface area (Å²) in [5.74, 6) is 1.71. The molecular weight excluding hydrogens is 404 g/mol. The molecule has 1 aliphatic rings. The molecule has 0 bridgehead atoms. The molecule has 7 heteroatoms. The molecule has 2 heterocycles. The average Bonchev–Trinajstić information content (AvgIpc) is 2.89. The first-order valence-corrected chi connectivity index (χ1v) is 10.1. The molecule has 1 amide bonds. The number of hydrogen-bond donors (Lipinski definition) is 1. The van der Waals surface area contributed by atoms with Gasteiger partial charge in [-0.05, 0) is 44.2 Å². The standard InChI is InChI=1S/C23H23ClN2O4/c1-14-11-18(15(2)26(14)16-5-7-17(28-3)8-6-16)23(27)25-20-13-22-21(12-19(20)24)29-9-4-10-30-22/h5-8,11-13H,4,9-10H2,1-3H3,(H,25,27). The number of hydrogen-bond acceptors (Lipinski definition) is 4. The van der Waals surface area contributed by atoms with E-state index in [0.29, 0.717) is 41.0 Å². The number of carbonyl (C=O) groups is 1. The first kappa shape index (κ1) is 20.2. The van der Waals surface area contributed by atoms with Gasteiger partial charge < -0.3 is 24.1 Å². The normalized spacial score (nSPS) is 12.9. The Hall–Kier alpha value is -3.12. The summed E-state index contributed by atoms with van der Waals surface area (Å²) in [6.45, 7) is 5.02. The number of fused-ring (bicyclic) bond motifs is 1. The van der Waals surface area contributed by atoms with E-state index in [1.54, 1.807) is 19.2 Å². The van der Waals surface area contributed by atoms with Crippen LogP contribution in [0, 0.1) is 13.8 Å². The molecule has 6 nitrogen and oxygen atoms in total. The fourth-order valence-corrected chi connectivity index (χ4v) is 3.79. The van der Waals surface area contributed by atoms with Crippen LogP contribution in [0.3, 0.4) is 0 Å². The van der Waals surface area contributed by atoms with Gasteiger partial charge in [-0.2, -0.15) is 0 Å². The summed E-state index contributed by atoms with van der Waals surface area (Å²) in [6, 6.07) is 13.0. The highest BCUT2D eigenvalue weighted by molar-refractivity contribution is 6.34. The summed E-state index contributed by atoms with van der Waals surface area (Å²) < 4.78 is 18.6. The minimum atomic E-state index is -0.237. The van der Waals surface area contributed by atoms with E-state index in [2.05, 4.69) is 5.32 Å². The molecule has 0 fully saturated rings. The number of amides is 1. The van der Waals surface area contributed by atoms with Gasteiger partial charge in [-0.15, -0.1) is 0 Å². The molecule has 0 spiro atoms. The summed E-state index contributed by atoms with van der Waals surface area (Å²) in [4.78, 5) is 13.0. The number of carbonyl (C=O) groups excluding carboxylic acids is 1. The van der Waals surface area contributed by atoms with Crippen LogP contribution >= 0.6 is 11.6 Å². The van der Waals surface area contributed by atoms with Crippen LogP contribution in [0.1, 0.15) is 28.2 Å². The summed E-state index contributed by atoms with van der Waals surface area (Å²) in [7, 11) is 1.63. The maximum Gasteiger partial charge on any atom is 0.257 e. The highest BCUT2D eigenvalue weighted by Crippen LogP contribution is 2.38. The van der Waals surface area contributed by atoms with Gasteiger partial charge in [0.2, 0.25) is 0 Å². The summed E-state index contributed by atoms with van der Waals surface area (Å²) in [5.41, 5.74) is 3.80. The minimum Gasteiger partial charge on any atom is -0.497 e. The monoisotopic (exact) mass is 426 g/mol. The first-order chi connectivity index (χ1) is 14.5. The molecule has 1 aliphatic heterocycles. The number of nitrogens with zero attached hydrogens (tertiary/aromatic N) is 1. The van der Waals surface area contributed by atoms with Crippen LogP contribution in [0.25, 0.3) is 5.69 Å². The van der Waals surface area contributed by atoms with Gasteiger partial charge in [0.15, 0.2) is 11.5 Å². The largest absolute Gasteiger partial charge is 0.497 e. The summed E-state index contributed by atoms with van der Waals surface area (Å²) >= 11 is 6.38. The molecule has 4 rings (SSSR count). The molecular formula is C23H23ClN2O4. The van der Waals surface area contributed by atoms with Crippen LogP contribution in [0.15, 0.2) is 42.5 Å². The van der Waals surface area contributed by atoms with Gasteiger partial charge in [0.25, 0.3) is 5.91 Å². The zero-order valence-electron chi connectivity index (χ0n) is 17.1. The van der Waals surface area contributed by atoms with Crippen molar-refractivity contribution < 1.29 is 19.0 Å². The van der Waals surface area contributed by atoms with Crippen molar-refractivity contribution in [3.63, 3.8) is 0 Å². The molecule has 3 aromatic rings. The van der Waals surface area contributed by atoms with Gasteiger partial charge in [-0.25, -0.2) is 0 Å². The second-order valence-corrected chi connectivity index (χ2v) is 7.51. The minimum absolute atomic E-state index is 0.237. The van der Waals surface area contributed by atoms with Gasteiger partial charge in [-0.1, -0.05) is 11.6 Å². The number of aromatic nitrogens is 1. The van der Waals surface area contributed by atoms with E-state index in [1.807, 2.05) is 48.7 Å². The second-order valence-electron chi connectivity index (χ2n) is 7.10. The number of nitrogens with one attached hydrogen (secondary N) is 1. The van der Waals surface area contributed by atoms with Crippen LogP contribution in [-0.4, -0.2) is 30.8 Å². The Balaban J connectivity index is 1.62. The quantitative estimate of drug-likeness (QED) is 0.625. The zero-order chi connectivity index (χ0) is 21.3. The second kappa shape index (κ2) is 8.32. The van der Waals surface area contributed by atoms with Gasteiger partial charge in [-0.3, -0.25) is 4.79 Å². The first-order valence-electron chi connectivity index (χ1n) is 9.72. The number of rotatable bonds is 4. The SMILES string of the molecule is COc1ccc(-n2c(C)cc(C(=O)Nc3cc4c(cc3Cl)OCCCO4)c2C)cc1. The molecule has 0 saturated heterocycles. The number of benzene rings is 2. The van der Waals surface area contributed by atoms with Crippen molar-refractivity contribution in [3.05, 3.63) is 64.4 Å². The lowest BCUT2D eigenvalue weighted by atomic mass is 10.2. The number of halogens is 1. The van der Waals surface area contributed by atoms with E-state index in [-0.39, 0.29) is 5.91 Å². The van der Waals surface area contributed by atoms with Crippen LogP contribution in [0.4, 0.5) is 5.69 Å². The molecule has 0 unspecified atom stereocenters. The molecule has 0 aliphatic carbocycles. The van der Waals surface area contributed by atoms with E-state index >= 15 is 0 Å². The van der Waals surface area contributed by atoms with Crippen molar-refractivity contribution in [2.75, 3.05) is 25.6 Å². The average molecular weight is 427 g/mol. The Morgan fingerprint density at radius 1 is 1.07 bits per heavy atom. The molecule has 0 saturated carbocycles. The fraction of sp³-hybridized carbons (Fsp3) is 0.261. The Morgan fingerprint density at radius 3 is 2.40 bits per heavy atom. The molecule has 1 aromatic heterocycles. The van der Waals surface area contributed by atoms with Crippen molar-refractivity contribution in [2.45, 2.75) is 20.3 Å². The Kier molecular flexibility index (Phi) is 5.59. The van der Waals surface area contributed by atoms with Crippen molar-refractivity contribution in [3.8, 4) is 22.9 Å². The summed E-state index contributed by atoms with van der Waals surface area (Å²) in [5, 5.41) is 3.31. The lowest BCUT2D eigenvalue weighted by molar-refractivity contribution is 0.102. The van der Waals surface area contributed by atoms with Gasteiger partial charge >= 0.3 is 0 Å². The van der Waals surface area contributed by atoms with Crippen LogP contribution in [0.2, 0.25) is 5.02 Å². The number of ether oxygens (including phenoxy) is 3. The third-order valence-corrected chi connectivity index (χ3v) is 5.40. The Bertz CT molecular complexity index is 1090. The van der Waals surface area contributed by atoms with Crippen molar-refractivity contribution >= 4 is 23.2 Å². The predicted molar refractivity (Wildman–Crippen MR) is 117 cm³/mol. The van der Waals surface area contributed by atoms with Gasteiger partial charge in [0.1, 0.15) is 5.75 Å². The van der Waals surface area contributed by atoms with Gasteiger partial charge in [0, 0.05) is 35.6 Å². The molecule has 0 atom stereocenters. The lowest BCUT2D eigenvalue weighted by Gasteiger charge is -2.13. The van der Waals surface area contributed by atoms with Crippen molar-refractivity contribution in [2.24, 2.45) is 0 Å². The predicted octanol–water partition coefficient (Wildman–Crippen LogP) is 5.17. The third-order valence-electron chi connectivity index (χ3n) is 5.09. The highest BCUT2D eigenvalue weighted by atomic mass is 35.5. The van der Waals surface area contributed by atoms with Crippen LogP contribution in [0.5, 0.6) is 17.2 Å². The smallest absolute Gasteiger partial charge is 0.257 e. The zero-order valence-corrected chi connectivity index (χ0v) is 17.9. The van der Waals surface area contributed by atoms with Crippen LogP contribution < -0.4 is 19.5 Å². The topological polar surface area (TPSA) is 61.7 Å². The molecule has 2 aromatic carbocycles.